The molecule has 1 saturated heterocycles. The predicted molar refractivity (Wildman–Crippen MR) is 132 cm³/mol. The van der Waals surface area contributed by atoms with Gasteiger partial charge in [0.15, 0.2) is 0 Å². The molecule has 10 heteroatoms. The Morgan fingerprint density at radius 3 is 2.41 bits per heavy atom. The maximum Gasteiger partial charge on any atom is 0.293 e. The number of ether oxygens (including phenoxy) is 1. The third kappa shape index (κ3) is 5.41. The molecule has 0 unspecified atom stereocenters. The molecular formula is C24H16Cl2N2O5S. The quantitative estimate of drug-likeness (QED) is 0.197. The monoisotopic (exact) mass is 514 g/mol. The maximum atomic E-state index is 12.8. The molecule has 3 aromatic rings. The van der Waals surface area contributed by atoms with Gasteiger partial charge in [-0.25, -0.2) is 0 Å². The second-order valence-corrected chi connectivity index (χ2v) is 9.07. The van der Waals surface area contributed by atoms with Crippen molar-refractivity contribution in [3.05, 3.63) is 108 Å². The van der Waals surface area contributed by atoms with Crippen molar-refractivity contribution in [1.29, 1.82) is 0 Å². The van der Waals surface area contributed by atoms with Gasteiger partial charge in [-0.3, -0.25) is 24.6 Å². The number of amides is 2. The van der Waals surface area contributed by atoms with Crippen LogP contribution in [0.15, 0.2) is 71.6 Å². The lowest BCUT2D eigenvalue weighted by Crippen LogP contribution is -2.27. The largest absolute Gasteiger partial charge is 0.487 e. The van der Waals surface area contributed by atoms with Gasteiger partial charge in [-0.05, 0) is 47.2 Å². The molecule has 3 aromatic carbocycles. The SMILES string of the molecule is O=C1S/C(=C\c2ccc(OCc3ccccc3Cl)c(Cl)c2)C(=O)N1Cc1ccc([N+](=O)[O-])cc1. The molecule has 0 atom stereocenters. The van der Waals surface area contributed by atoms with Crippen molar-refractivity contribution in [3.63, 3.8) is 0 Å². The van der Waals surface area contributed by atoms with Crippen LogP contribution in [-0.2, 0) is 17.9 Å². The number of thioether (sulfide) groups is 1. The number of rotatable bonds is 7. The van der Waals surface area contributed by atoms with Crippen molar-refractivity contribution >= 4 is 57.9 Å². The molecule has 0 bridgehead atoms. The van der Waals surface area contributed by atoms with Crippen LogP contribution >= 0.6 is 35.0 Å². The Morgan fingerprint density at radius 1 is 1.00 bits per heavy atom. The summed E-state index contributed by atoms with van der Waals surface area (Å²) in [5, 5.41) is 11.3. The highest BCUT2D eigenvalue weighted by atomic mass is 35.5. The normalized spacial score (nSPS) is 14.6. The lowest BCUT2D eigenvalue weighted by atomic mass is 10.2. The summed E-state index contributed by atoms with van der Waals surface area (Å²) >= 11 is 13.3. The third-order valence-corrected chi connectivity index (χ3v) is 6.53. The fraction of sp³-hybridized carbons (Fsp3) is 0.0833. The van der Waals surface area contributed by atoms with Crippen LogP contribution in [0, 0.1) is 10.1 Å². The molecule has 4 rings (SSSR count). The predicted octanol–water partition coefficient (Wildman–Crippen LogP) is 6.72. The summed E-state index contributed by atoms with van der Waals surface area (Å²) in [6.45, 7) is 0.274. The number of halogens is 2. The first kappa shape index (κ1) is 23.8. The summed E-state index contributed by atoms with van der Waals surface area (Å²) in [4.78, 5) is 36.8. The number of nitrogens with zero attached hydrogens (tertiary/aromatic N) is 2. The fourth-order valence-corrected chi connectivity index (χ4v) is 4.46. The Labute approximate surface area is 209 Å². The Balaban J connectivity index is 1.44. The summed E-state index contributed by atoms with van der Waals surface area (Å²) in [7, 11) is 0. The first-order chi connectivity index (χ1) is 16.3. The molecule has 0 spiro atoms. The zero-order chi connectivity index (χ0) is 24.2. The molecule has 0 aliphatic carbocycles. The number of hydrogen-bond acceptors (Lipinski definition) is 6. The lowest BCUT2D eigenvalue weighted by Gasteiger charge is -2.12. The van der Waals surface area contributed by atoms with Crippen molar-refractivity contribution < 1.29 is 19.2 Å². The smallest absolute Gasteiger partial charge is 0.293 e. The van der Waals surface area contributed by atoms with Gasteiger partial charge in [0, 0.05) is 22.7 Å². The molecule has 1 aliphatic rings. The van der Waals surface area contributed by atoms with Gasteiger partial charge in [0.1, 0.15) is 12.4 Å². The first-order valence-corrected chi connectivity index (χ1v) is 11.5. The number of hydrogen-bond donors (Lipinski definition) is 0. The fourth-order valence-electron chi connectivity index (χ4n) is 3.19. The molecule has 0 saturated carbocycles. The van der Waals surface area contributed by atoms with Gasteiger partial charge in [-0.15, -0.1) is 0 Å². The molecule has 172 valence electrons. The molecule has 1 fully saturated rings. The van der Waals surface area contributed by atoms with Crippen molar-refractivity contribution in [1.82, 2.24) is 4.90 Å². The van der Waals surface area contributed by atoms with Gasteiger partial charge in [-0.1, -0.05) is 59.6 Å². The van der Waals surface area contributed by atoms with E-state index in [0.29, 0.717) is 26.9 Å². The van der Waals surface area contributed by atoms with Gasteiger partial charge in [0.25, 0.3) is 16.8 Å². The number of benzene rings is 3. The van der Waals surface area contributed by atoms with Crippen LogP contribution in [0.5, 0.6) is 5.75 Å². The van der Waals surface area contributed by atoms with Crippen LogP contribution in [0.2, 0.25) is 10.0 Å². The maximum absolute atomic E-state index is 12.8. The zero-order valence-corrected chi connectivity index (χ0v) is 19.8. The minimum Gasteiger partial charge on any atom is -0.487 e. The molecule has 0 N–H and O–H groups in total. The van der Waals surface area contributed by atoms with Gasteiger partial charge in [0.05, 0.1) is 21.4 Å². The standard InChI is InChI=1S/C24H16Cl2N2O5S/c25-19-4-2-1-3-17(19)14-33-21-10-7-16(11-20(21)26)12-22-23(29)27(24(30)34-22)13-15-5-8-18(9-6-15)28(31)32/h1-12H,13-14H2/b22-12-. The van der Waals surface area contributed by atoms with E-state index >= 15 is 0 Å². The van der Waals surface area contributed by atoms with E-state index in [1.54, 1.807) is 30.3 Å². The summed E-state index contributed by atoms with van der Waals surface area (Å²) in [6, 6.07) is 18.1. The first-order valence-electron chi connectivity index (χ1n) is 9.96. The number of nitro benzene ring substituents is 1. The van der Waals surface area contributed by atoms with E-state index in [4.69, 9.17) is 27.9 Å². The second kappa shape index (κ2) is 10.3. The molecule has 0 radical (unpaired) electrons. The average molecular weight is 515 g/mol. The van der Waals surface area contributed by atoms with Crippen LogP contribution < -0.4 is 4.74 Å². The van der Waals surface area contributed by atoms with E-state index in [2.05, 4.69) is 0 Å². The van der Waals surface area contributed by atoms with E-state index < -0.39 is 16.1 Å². The topological polar surface area (TPSA) is 89.8 Å². The van der Waals surface area contributed by atoms with Crippen LogP contribution in [0.1, 0.15) is 16.7 Å². The Hall–Kier alpha value is -3.33. The number of carbonyl (C=O) groups is 2. The van der Waals surface area contributed by atoms with E-state index in [1.807, 2.05) is 18.2 Å². The highest BCUT2D eigenvalue weighted by Crippen LogP contribution is 2.35. The van der Waals surface area contributed by atoms with Gasteiger partial charge < -0.3 is 4.74 Å². The number of carbonyl (C=O) groups excluding carboxylic acids is 2. The van der Waals surface area contributed by atoms with Crippen molar-refractivity contribution in [2.75, 3.05) is 0 Å². The molecule has 2 amide bonds. The highest BCUT2D eigenvalue weighted by Gasteiger charge is 2.35. The van der Waals surface area contributed by atoms with Crippen LogP contribution in [0.25, 0.3) is 6.08 Å². The molecule has 1 heterocycles. The average Bonchev–Trinajstić information content (AvgIpc) is 3.07. The van der Waals surface area contributed by atoms with E-state index in [0.717, 1.165) is 22.2 Å². The van der Waals surface area contributed by atoms with E-state index in [1.165, 1.54) is 24.3 Å². The zero-order valence-electron chi connectivity index (χ0n) is 17.4. The van der Waals surface area contributed by atoms with E-state index in [9.17, 15) is 19.7 Å². The number of non-ortho nitro benzene ring substituents is 1. The van der Waals surface area contributed by atoms with Crippen LogP contribution in [-0.4, -0.2) is 21.0 Å². The molecule has 34 heavy (non-hydrogen) atoms. The molecule has 1 aliphatic heterocycles. The van der Waals surface area contributed by atoms with Crippen molar-refractivity contribution in [2.24, 2.45) is 0 Å². The van der Waals surface area contributed by atoms with Gasteiger partial charge in [0.2, 0.25) is 0 Å². The van der Waals surface area contributed by atoms with Crippen LogP contribution in [0.3, 0.4) is 0 Å². The lowest BCUT2D eigenvalue weighted by molar-refractivity contribution is -0.384. The van der Waals surface area contributed by atoms with Crippen molar-refractivity contribution in [2.45, 2.75) is 13.2 Å². The Morgan fingerprint density at radius 2 is 1.74 bits per heavy atom. The Bertz CT molecular complexity index is 1310. The molecule has 7 nitrogen and oxygen atoms in total. The van der Waals surface area contributed by atoms with Gasteiger partial charge >= 0.3 is 0 Å². The Kier molecular flexibility index (Phi) is 7.21. The minimum atomic E-state index is -0.509. The number of imide groups is 1. The minimum absolute atomic E-state index is 0.0234. The van der Waals surface area contributed by atoms with Crippen LogP contribution in [0.4, 0.5) is 10.5 Å². The number of nitro groups is 1. The summed E-state index contributed by atoms with van der Waals surface area (Å²) < 4.78 is 5.76. The third-order valence-electron chi connectivity index (χ3n) is 4.96. The van der Waals surface area contributed by atoms with Crippen molar-refractivity contribution in [3.8, 4) is 5.75 Å². The molecular weight excluding hydrogens is 499 g/mol. The van der Waals surface area contributed by atoms with E-state index in [-0.39, 0.29) is 23.7 Å². The second-order valence-electron chi connectivity index (χ2n) is 7.26. The van der Waals surface area contributed by atoms with Gasteiger partial charge in [-0.2, -0.15) is 0 Å². The summed E-state index contributed by atoms with van der Waals surface area (Å²) in [5.74, 6) is 0.0218. The molecule has 0 aromatic heterocycles. The summed E-state index contributed by atoms with van der Waals surface area (Å²) in [5.41, 5.74) is 2.01. The highest BCUT2D eigenvalue weighted by molar-refractivity contribution is 8.18. The summed E-state index contributed by atoms with van der Waals surface area (Å²) in [6.07, 6.45) is 1.59.